The molecule has 0 N–H and O–H groups in total. The fourth-order valence-electron chi connectivity index (χ4n) is 3.73. The molecule has 1 aliphatic carbocycles. The summed E-state index contributed by atoms with van der Waals surface area (Å²) in [6.07, 6.45) is 12.1. The molecule has 1 aliphatic heterocycles. The molecule has 1 saturated heterocycles. The zero-order valence-electron chi connectivity index (χ0n) is 15.2. The maximum atomic E-state index is 2.82. The third kappa shape index (κ3) is 7.78. The second-order valence-electron chi connectivity index (χ2n) is 6.93. The first-order valence-electron chi connectivity index (χ1n) is 9.19. The summed E-state index contributed by atoms with van der Waals surface area (Å²) in [5.41, 5.74) is 1.62. The lowest BCUT2D eigenvalue weighted by atomic mass is 9.87. The average Bonchev–Trinajstić information content (AvgIpc) is 2.48. The zero-order valence-corrected chi connectivity index (χ0v) is 15.2. The van der Waals surface area contributed by atoms with Gasteiger partial charge in [-0.1, -0.05) is 39.3 Å². The smallest absolute Gasteiger partial charge is 0.0108 e. The number of allylic oxidation sites excluding steroid dienone is 2. The molecule has 0 aromatic rings. The Balaban J connectivity index is 0.00000141. The van der Waals surface area contributed by atoms with Crippen LogP contribution in [0.5, 0.6) is 0 Å². The summed E-state index contributed by atoms with van der Waals surface area (Å²) < 4.78 is 0. The van der Waals surface area contributed by atoms with Crippen molar-refractivity contribution in [3.05, 3.63) is 11.6 Å². The third-order valence-corrected chi connectivity index (χ3v) is 4.83. The minimum Gasteiger partial charge on any atom is -0.309 e. The monoisotopic (exact) mass is 310 g/mol. The van der Waals surface area contributed by atoms with Gasteiger partial charge < -0.3 is 9.80 Å². The van der Waals surface area contributed by atoms with Gasteiger partial charge in [-0.15, -0.1) is 0 Å². The maximum absolute atomic E-state index is 2.82. The van der Waals surface area contributed by atoms with Gasteiger partial charge in [0.05, 0.1) is 0 Å². The molecule has 2 unspecified atom stereocenters. The van der Waals surface area contributed by atoms with Crippen molar-refractivity contribution in [3.8, 4) is 0 Å². The van der Waals surface area contributed by atoms with Gasteiger partial charge in [0, 0.05) is 12.6 Å². The minimum absolute atomic E-state index is 0. The Labute approximate surface area is 141 Å². The van der Waals surface area contributed by atoms with Crippen molar-refractivity contribution in [2.45, 2.75) is 79.2 Å². The lowest BCUT2D eigenvalue weighted by Crippen LogP contribution is -2.43. The molecule has 0 radical (unpaired) electrons. The molecule has 1 heterocycles. The predicted octanol–water partition coefficient (Wildman–Crippen LogP) is 5.20. The zero-order chi connectivity index (χ0) is 15.7. The maximum Gasteiger partial charge on any atom is 0.0108 e. The van der Waals surface area contributed by atoms with Crippen LogP contribution in [0.1, 0.15) is 73.1 Å². The van der Waals surface area contributed by atoms with Crippen LogP contribution in [0.2, 0.25) is 0 Å². The molecule has 0 amide bonds. The van der Waals surface area contributed by atoms with Crippen molar-refractivity contribution in [2.75, 3.05) is 33.7 Å². The van der Waals surface area contributed by atoms with Crippen LogP contribution in [0.25, 0.3) is 0 Å². The molecule has 2 aliphatic rings. The molecule has 0 aromatic heterocycles. The molecule has 2 nitrogen and oxygen atoms in total. The van der Waals surface area contributed by atoms with Gasteiger partial charge >= 0.3 is 0 Å². The van der Waals surface area contributed by atoms with Crippen LogP contribution >= 0.6 is 0 Å². The van der Waals surface area contributed by atoms with Crippen molar-refractivity contribution in [2.24, 2.45) is 5.92 Å². The molecule has 132 valence electrons. The van der Waals surface area contributed by atoms with Crippen LogP contribution in [-0.4, -0.2) is 49.6 Å². The summed E-state index contributed by atoms with van der Waals surface area (Å²) in [4.78, 5) is 5.15. The third-order valence-electron chi connectivity index (χ3n) is 4.83. The molecule has 2 heteroatoms. The Morgan fingerprint density at radius 2 is 1.91 bits per heavy atom. The highest BCUT2D eigenvalue weighted by molar-refractivity contribution is 5.03. The summed E-state index contributed by atoms with van der Waals surface area (Å²) in [6, 6.07) is 0.849. The molecule has 0 aromatic carbocycles. The number of nitrogens with zero attached hydrogens (tertiary/aromatic N) is 2. The highest BCUT2D eigenvalue weighted by Crippen LogP contribution is 2.28. The van der Waals surface area contributed by atoms with Gasteiger partial charge in [0.25, 0.3) is 0 Å². The molecule has 0 spiro atoms. The minimum atomic E-state index is 0. The standard InChI is InChI=1S/C17H32N2.C2H6.CH4/c1-15-7-6-8-16(13-15)14-19-11-5-4-9-17(19)10-12-18(2)3;1-2;/h7,16-17H,4-6,8-14H2,1-3H3;1-2H3;1H4. The van der Waals surface area contributed by atoms with Crippen molar-refractivity contribution in [1.29, 1.82) is 0 Å². The summed E-state index contributed by atoms with van der Waals surface area (Å²) in [5, 5.41) is 0. The predicted molar refractivity (Wildman–Crippen MR) is 102 cm³/mol. The molecule has 1 fully saturated rings. The van der Waals surface area contributed by atoms with E-state index in [1.54, 1.807) is 5.57 Å². The molecule has 2 atom stereocenters. The Morgan fingerprint density at radius 3 is 2.55 bits per heavy atom. The van der Waals surface area contributed by atoms with Gasteiger partial charge in [-0.2, -0.15) is 0 Å². The van der Waals surface area contributed by atoms with Gasteiger partial charge in [-0.25, -0.2) is 0 Å². The topological polar surface area (TPSA) is 6.48 Å². The number of piperidine rings is 1. The SMILES string of the molecule is C.CC.CC1=CCCC(CN2CCCCC2CCN(C)C)C1. The average molecular weight is 311 g/mol. The van der Waals surface area contributed by atoms with E-state index in [0.29, 0.717) is 0 Å². The van der Waals surface area contributed by atoms with Crippen molar-refractivity contribution < 1.29 is 0 Å². The molecule has 22 heavy (non-hydrogen) atoms. The van der Waals surface area contributed by atoms with Gasteiger partial charge in [-0.05, 0) is 78.6 Å². The first-order chi connectivity index (χ1) is 10.1. The van der Waals surface area contributed by atoms with Crippen LogP contribution in [0.3, 0.4) is 0 Å². The van der Waals surface area contributed by atoms with E-state index in [1.165, 1.54) is 64.6 Å². The molecule has 0 saturated carbocycles. The van der Waals surface area contributed by atoms with E-state index >= 15 is 0 Å². The fourth-order valence-corrected chi connectivity index (χ4v) is 3.73. The van der Waals surface area contributed by atoms with E-state index in [2.05, 4.69) is 36.9 Å². The Kier molecular flexibility index (Phi) is 11.9. The first kappa shape index (κ1) is 21.7. The van der Waals surface area contributed by atoms with Crippen LogP contribution in [0, 0.1) is 5.92 Å². The molecular formula is C20H42N2. The molecule has 2 rings (SSSR count). The van der Waals surface area contributed by atoms with E-state index < -0.39 is 0 Å². The van der Waals surface area contributed by atoms with E-state index in [9.17, 15) is 0 Å². The largest absolute Gasteiger partial charge is 0.309 e. The van der Waals surface area contributed by atoms with Crippen molar-refractivity contribution in [3.63, 3.8) is 0 Å². The van der Waals surface area contributed by atoms with Crippen molar-refractivity contribution >= 4 is 0 Å². The van der Waals surface area contributed by atoms with Crippen LogP contribution in [-0.2, 0) is 0 Å². The van der Waals surface area contributed by atoms with Crippen LogP contribution < -0.4 is 0 Å². The first-order valence-corrected chi connectivity index (χ1v) is 9.19. The fraction of sp³-hybridized carbons (Fsp3) is 0.900. The van der Waals surface area contributed by atoms with Crippen LogP contribution in [0.4, 0.5) is 0 Å². The van der Waals surface area contributed by atoms with E-state index in [1.807, 2.05) is 13.8 Å². The Bertz CT molecular complexity index is 296. The number of hydrogen-bond donors (Lipinski definition) is 0. The van der Waals surface area contributed by atoms with Gasteiger partial charge in [0.1, 0.15) is 0 Å². The second kappa shape index (κ2) is 12.1. The highest BCUT2D eigenvalue weighted by atomic mass is 15.2. The normalized spacial score (nSPS) is 25.8. The second-order valence-corrected chi connectivity index (χ2v) is 6.93. The summed E-state index contributed by atoms with van der Waals surface area (Å²) >= 11 is 0. The Morgan fingerprint density at radius 1 is 1.18 bits per heavy atom. The quantitative estimate of drug-likeness (QED) is 0.644. The number of likely N-dealkylation sites (tertiary alicyclic amines) is 1. The van der Waals surface area contributed by atoms with E-state index in [-0.39, 0.29) is 7.43 Å². The van der Waals surface area contributed by atoms with Crippen LogP contribution in [0.15, 0.2) is 11.6 Å². The summed E-state index contributed by atoms with van der Waals surface area (Å²) in [6.45, 7) is 10.2. The lowest BCUT2D eigenvalue weighted by Gasteiger charge is -2.39. The lowest BCUT2D eigenvalue weighted by molar-refractivity contribution is 0.108. The number of rotatable bonds is 5. The van der Waals surface area contributed by atoms with Gasteiger partial charge in [0.2, 0.25) is 0 Å². The highest BCUT2D eigenvalue weighted by Gasteiger charge is 2.25. The van der Waals surface area contributed by atoms with Crippen molar-refractivity contribution in [1.82, 2.24) is 9.80 Å². The molecule has 0 bridgehead atoms. The Hall–Kier alpha value is -0.340. The summed E-state index contributed by atoms with van der Waals surface area (Å²) in [7, 11) is 4.39. The summed E-state index contributed by atoms with van der Waals surface area (Å²) in [5.74, 6) is 0.921. The van der Waals surface area contributed by atoms with Gasteiger partial charge in [-0.3, -0.25) is 0 Å². The van der Waals surface area contributed by atoms with E-state index in [4.69, 9.17) is 0 Å². The molecular weight excluding hydrogens is 268 g/mol. The van der Waals surface area contributed by atoms with E-state index in [0.717, 1.165) is 12.0 Å². The number of hydrogen-bond acceptors (Lipinski definition) is 2. The van der Waals surface area contributed by atoms with Gasteiger partial charge in [0.15, 0.2) is 0 Å².